The van der Waals surface area contributed by atoms with Crippen LogP contribution in [0, 0.1) is 11.8 Å². The lowest BCUT2D eigenvalue weighted by Crippen LogP contribution is -1.93. The van der Waals surface area contributed by atoms with Crippen LogP contribution in [-0.2, 0) is 0 Å². The second kappa shape index (κ2) is 2.12. The van der Waals surface area contributed by atoms with Crippen LogP contribution < -0.4 is 0 Å². The van der Waals surface area contributed by atoms with Gasteiger partial charge in [-0.1, -0.05) is 0 Å². The zero-order chi connectivity index (χ0) is 5.15. The van der Waals surface area contributed by atoms with Crippen LogP contribution in [0.1, 0.15) is 27.7 Å². The molecule has 0 aliphatic carbocycles. The molecule has 0 spiro atoms. The molecule has 0 saturated heterocycles. The smallest absolute Gasteiger partial charge is 0.0216 e. The van der Waals surface area contributed by atoms with Gasteiger partial charge in [0.25, 0.3) is 0 Å². The van der Waals surface area contributed by atoms with Crippen molar-refractivity contribution in [1.29, 1.82) is 0 Å². The van der Waals surface area contributed by atoms with E-state index in [0.717, 1.165) is 5.92 Å². The molecule has 0 atom stereocenters. The summed E-state index contributed by atoms with van der Waals surface area (Å²) < 4.78 is 0. The normalized spacial score (nSPS) is 9.50. The van der Waals surface area contributed by atoms with Crippen molar-refractivity contribution in [2.75, 3.05) is 0 Å². The minimum absolute atomic E-state index is 0.769. The fourth-order valence-electron chi connectivity index (χ4n) is 0. The molecule has 0 aromatic heterocycles. The van der Waals surface area contributed by atoms with Crippen LogP contribution in [0.2, 0.25) is 0 Å². The highest BCUT2D eigenvalue weighted by molar-refractivity contribution is 4.79. The van der Waals surface area contributed by atoms with E-state index in [0.29, 0.717) is 0 Å². The molecule has 0 aromatic rings. The molecule has 0 radical (unpaired) electrons. The van der Waals surface area contributed by atoms with Crippen molar-refractivity contribution in [1.82, 2.24) is 0 Å². The maximum Gasteiger partial charge on any atom is 0.0940 e. The average Bonchev–Trinajstić information content (AvgIpc) is 1.36. The van der Waals surface area contributed by atoms with Crippen LogP contribution >= 0.6 is 0 Å². The molecule has 6 heavy (non-hydrogen) atoms. The zero-order valence-corrected chi connectivity index (χ0v) is 5.08. The van der Waals surface area contributed by atoms with Gasteiger partial charge in [-0.15, -0.1) is 0 Å². The monoisotopic (exact) mass is 85.1 g/mol. The number of hydrogen-bond acceptors (Lipinski definition) is 0. The summed E-state index contributed by atoms with van der Waals surface area (Å²) in [5, 5.41) is 0. The van der Waals surface area contributed by atoms with E-state index in [4.69, 9.17) is 0 Å². The standard InChI is InChI=1S/C6H13/c1-5(2)6(3)4/h5H,1-4H3/q+1. The molecule has 0 aliphatic heterocycles. The SMILES string of the molecule is C[C+](C)C(C)C. The minimum Gasteiger partial charge on any atom is -0.0216 e. The summed E-state index contributed by atoms with van der Waals surface area (Å²) in [6.45, 7) is 8.72. The van der Waals surface area contributed by atoms with E-state index >= 15 is 0 Å². The Hall–Kier alpha value is -0.130. The summed E-state index contributed by atoms with van der Waals surface area (Å²) in [6, 6.07) is 0. The van der Waals surface area contributed by atoms with E-state index in [-0.39, 0.29) is 0 Å². The van der Waals surface area contributed by atoms with Crippen LogP contribution in [0.5, 0.6) is 0 Å². The maximum atomic E-state index is 2.20. The van der Waals surface area contributed by atoms with E-state index in [1.165, 1.54) is 5.92 Å². The molecular formula is C6H13+. The Morgan fingerprint density at radius 1 is 1.17 bits per heavy atom. The van der Waals surface area contributed by atoms with Gasteiger partial charge in [0, 0.05) is 0 Å². The van der Waals surface area contributed by atoms with Crippen LogP contribution in [0.4, 0.5) is 0 Å². The van der Waals surface area contributed by atoms with Gasteiger partial charge in [-0.25, -0.2) is 0 Å². The lowest BCUT2D eigenvalue weighted by molar-refractivity contribution is 0.670. The molecule has 36 valence electrons. The quantitative estimate of drug-likeness (QED) is 0.428. The molecular weight excluding hydrogens is 72.1 g/mol. The van der Waals surface area contributed by atoms with Crippen molar-refractivity contribution in [2.45, 2.75) is 27.7 Å². The van der Waals surface area contributed by atoms with Crippen LogP contribution in [0.25, 0.3) is 0 Å². The third-order valence-electron chi connectivity index (χ3n) is 1.15. The lowest BCUT2D eigenvalue weighted by atomic mass is 10.0. The third-order valence-corrected chi connectivity index (χ3v) is 1.15. The first-order valence-corrected chi connectivity index (χ1v) is 2.44. The predicted octanol–water partition coefficient (Wildman–Crippen LogP) is 2.26. The van der Waals surface area contributed by atoms with Gasteiger partial charge < -0.3 is 0 Å². The van der Waals surface area contributed by atoms with Gasteiger partial charge in [0.15, 0.2) is 0 Å². The van der Waals surface area contributed by atoms with Crippen molar-refractivity contribution in [3.8, 4) is 0 Å². The third kappa shape index (κ3) is 2.13. The Morgan fingerprint density at radius 2 is 1.33 bits per heavy atom. The van der Waals surface area contributed by atoms with Crippen LogP contribution in [-0.4, -0.2) is 0 Å². The zero-order valence-electron chi connectivity index (χ0n) is 5.08. The molecule has 0 aliphatic rings. The molecule has 0 saturated carbocycles. The highest BCUT2D eigenvalue weighted by Gasteiger charge is 2.07. The van der Waals surface area contributed by atoms with E-state index < -0.39 is 0 Å². The molecule has 0 N–H and O–H groups in total. The van der Waals surface area contributed by atoms with Crippen molar-refractivity contribution >= 4 is 0 Å². The van der Waals surface area contributed by atoms with Gasteiger partial charge >= 0.3 is 0 Å². The second-order valence-corrected chi connectivity index (χ2v) is 2.23. The first-order chi connectivity index (χ1) is 2.64. The Kier molecular flexibility index (Phi) is 2.07. The summed E-state index contributed by atoms with van der Waals surface area (Å²) >= 11 is 0. The molecule has 0 bridgehead atoms. The van der Waals surface area contributed by atoms with E-state index in [1.54, 1.807) is 0 Å². The summed E-state index contributed by atoms with van der Waals surface area (Å²) in [4.78, 5) is 0. The predicted molar refractivity (Wildman–Crippen MR) is 29.4 cm³/mol. The molecule has 0 amide bonds. The molecule has 0 heterocycles. The Morgan fingerprint density at radius 3 is 1.33 bits per heavy atom. The Bertz CT molecular complexity index is 21.0. The van der Waals surface area contributed by atoms with Crippen molar-refractivity contribution in [3.05, 3.63) is 5.92 Å². The number of hydrogen-bond donors (Lipinski definition) is 0. The first kappa shape index (κ1) is 5.87. The molecule has 0 unspecified atom stereocenters. The van der Waals surface area contributed by atoms with E-state index in [1.807, 2.05) is 0 Å². The van der Waals surface area contributed by atoms with E-state index in [9.17, 15) is 0 Å². The molecule has 0 nitrogen and oxygen atoms in total. The first-order valence-electron chi connectivity index (χ1n) is 2.44. The molecule has 0 fully saturated rings. The van der Waals surface area contributed by atoms with Crippen LogP contribution in [0.15, 0.2) is 0 Å². The maximum absolute atomic E-state index is 2.20. The van der Waals surface area contributed by atoms with Gasteiger partial charge in [-0.2, -0.15) is 0 Å². The van der Waals surface area contributed by atoms with Gasteiger partial charge in [0.05, 0.1) is 25.7 Å². The van der Waals surface area contributed by atoms with E-state index in [2.05, 4.69) is 27.7 Å². The molecule has 0 aromatic carbocycles. The summed E-state index contributed by atoms with van der Waals surface area (Å²) in [5.41, 5.74) is 0. The Balaban J connectivity index is 2.99. The summed E-state index contributed by atoms with van der Waals surface area (Å²) in [5.74, 6) is 2.28. The molecule has 0 rings (SSSR count). The van der Waals surface area contributed by atoms with Gasteiger partial charge in [-0.05, 0) is 13.8 Å². The number of rotatable bonds is 1. The topological polar surface area (TPSA) is 0 Å². The van der Waals surface area contributed by atoms with Crippen molar-refractivity contribution in [3.63, 3.8) is 0 Å². The highest BCUT2D eigenvalue weighted by Crippen LogP contribution is 2.08. The van der Waals surface area contributed by atoms with Gasteiger partial charge in [0.2, 0.25) is 0 Å². The van der Waals surface area contributed by atoms with Crippen molar-refractivity contribution < 1.29 is 0 Å². The summed E-state index contributed by atoms with van der Waals surface area (Å²) in [7, 11) is 0. The van der Waals surface area contributed by atoms with Crippen LogP contribution in [0.3, 0.4) is 0 Å². The Labute approximate surface area is 40.6 Å². The summed E-state index contributed by atoms with van der Waals surface area (Å²) in [6.07, 6.45) is 0. The fraction of sp³-hybridized carbons (Fsp3) is 0.833. The average molecular weight is 85.2 g/mol. The highest BCUT2D eigenvalue weighted by atomic mass is 14.0. The van der Waals surface area contributed by atoms with Gasteiger partial charge in [0.1, 0.15) is 0 Å². The van der Waals surface area contributed by atoms with Gasteiger partial charge in [-0.3, -0.25) is 0 Å². The largest absolute Gasteiger partial charge is 0.0940 e. The van der Waals surface area contributed by atoms with Crippen molar-refractivity contribution in [2.24, 2.45) is 5.92 Å². The molecule has 0 heteroatoms. The minimum atomic E-state index is 0.769. The lowest BCUT2D eigenvalue weighted by Gasteiger charge is -1.93. The second-order valence-electron chi connectivity index (χ2n) is 2.23. The fourth-order valence-corrected chi connectivity index (χ4v) is 0.